The molecule has 260 valence electrons. The predicted octanol–water partition coefficient (Wildman–Crippen LogP) is 10.6. The molecule has 0 saturated heterocycles. The molecule has 0 unspecified atom stereocenters. The summed E-state index contributed by atoms with van der Waals surface area (Å²) in [6.45, 7) is 13.8. The lowest BCUT2D eigenvalue weighted by Crippen LogP contribution is -2.57. The second-order valence-corrected chi connectivity index (χ2v) is 19.3. The Bertz CT molecular complexity index is 2370. The molecule has 2 aliphatic heterocycles. The van der Waals surface area contributed by atoms with E-state index in [9.17, 15) is 0 Å². The molecule has 3 nitrogen and oxygen atoms in total. The van der Waals surface area contributed by atoms with Gasteiger partial charge in [0.1, 0.15) is 23.0 Å². The Balaban J connectivity index is 1.16. The first kappa shape index (κ1) is 31.1. The van der Waals surface area contributed by atoms with Crippen molar-refractivity contribution in [2.45, 2.75) is 96.3 Å². The van der Waals surface area contributed by atoms with E-state index in [-0.39, 0.29) is 23.0 Å². The van der Waals surface area contributed by atoms with E-state index >= 15 is 0 Å². The lowest BCUT2D eigenvalue weighted by Gasteiger charge is -2.57. The summed E-state index contributed by atoms with van der Waals surface area (Å²) in [6.07, 6.45) is 8.34. The molecule has 1 aromatic heterocycles. The van der Waals surface area contributed by atoms with Crippen LogP contribution in [0.2, 0.25) is 0 Å². The van der Waals surface area contributed by atoms with Crippen LogP contribution in [0.1, 0.15) is 96.8 Å². The smallest absolute Gasteiger partial charge is 0.260 e. The Morgan fingerprint density at radius 2 is 1.13 bits per heavy atom. The number of nitrogens with zero attached hydrogens (tertiary/aromatic N) is 1. The molecule has 6 aromatic rings. The van der Waals surface area contributed by atoms with Gasteiger partial charge in [-0.2, -0.15) is 0 Å². The summed E-state index contributed by atoms with van der Waals surface area (Å²) in [5, 5.41) is 2.67. The number of rotatable bonds is 2. The van der Waals surface area contributed by atoms with Crippen LogP contribution in [0.15, 0.2) is 91.0 Å². The second kappa shape index (κ2) is 10.4. The molecule has 52 heavy (non-hydrogen) atoms. The van der Waals surface area contributed by atoms with Gasteiger partial charge >= 0.3 is 0 Å². The Hall–Kier alpha value is -4.44. The Morgan fingerprint density at radius 3 is 1.69 bits per heavy atom. The molecule has 4 heteroatoms. The van der Waals surface area contributed by atoms with E-state index in [1.807, 2.05) is 0 Å². The van der Waals surface area contributed by atoms with E-state index in [0.717, 1.165) is 51.9 Å². The molecule has 0 radical (unpaired) electrons. The Morgan fingerprint density at radius 1 is 0.596 bits per heavy atom. The van der Waals surface area contributed by atoms with Gasteiger partial charge in [0.2, 0.25) is 0 Å². The van der Waals surface area contributed by atoms with Crippen LogP contribution in [-0.2, 0) is 16.2 Å². The molecule has 4 aliphatic carbocycles. The topological polar surface area (TPSA) is 23.4 Å². The first-order valence-electron chi connectivity index (χ1n) is 19.8. The summed E-state index contributed by atoms with van der Waals surface area (Å²) in [4.78, 5) is 0. The average molecular weight is 682 g/mol. The molecule has 6 aliphatic rings. The van der Waals surface area contributed by atoms with Crippen molar-refractivity contribution in [3.63, 3.8) is 0 Å². The molecular weight excluding hydrogens is 633 g/mol. The molecular formula is C48H48BNO2. The third-order valence-corrected chi connectivity index (χ3v) is 13.8. The minimum atomic E-state index is 0.0220. The van der Waals surface area contributed by atoms with Crippen molar-refractivity contribution in [1.29, 1.82) is 0 Å². The molecule has 4 saturated carbocycles. The normalized spacial score (nSPS) is 24.0. The number of fused-ring (bicyclic) bond motifs is 7. The molecule has 0 N–H and O–H groups in total. The predicted molar refractivity (Wildman–Crippen MR) is 216 cm³/mol. The van der Waals surface area contributed by atoms with Crippen molar-refractivity contribution in [1.82, 2.24) is 4.57 Å². The summed E-state index contributed by atoms with van der Waals surface area (Å²) in [5.41, 5.74) is 11.8. The van der Waals surface area contributed by atoms with Gasteiger partial charge in [-0.3, -0.25) is 0 Å². The summed E-state index contributed by atoms with van der Waals surface area (Å²) in [5.74, 6) is 6.33. The van der Waals surface area contributed by atoms with Gasteiger partial charge < -0.3 is 14.0 Å². The molecule has 3 heterocycles. The van der Waals surface area contributed by atoms with Crippen molar-refractivity contribution in [3.05, 3.63) is 108 Å². The van der Waals surface area contributed by atoms with Crippen LogP contribution in [0.3, 0.4) is 0 Å². The number of hydrogen-bond acceptors (Lipinski definition) is 2. The fraction of sp³-hybridized carbons (Fsp3) is 0.375. The van der Waals surface area contributed by atoms with E-state index in [1.165, 1.54) is 82.4 Å². The van der Waals surface area contributed by atoms with E-state index < -0.39 is 0 Å². The van der Waals surface area contributed by atoms with Gasteiger partial charge in [-0.15, -0.1) is 0 Å². The van der Waals surface area contributed by atoms with E-state index in [0.29, 0.717) is 0 Å². The molecule has 4 fully saturated rings. The molecule has 12 rings (SSSR count). The van der Waals surface area contributed by atoms with Crippen LogP contribution < -0.4 is 25.9 Å². The second-order valence-electron chi connectivity index (χ2n) is 19.3. The number of benzene rings is 5. The maximum atomic E-state index is 7.00. The standard InChI is InChI=1S/C48H48BNO2/c1-46(2,3)31-14-16-40-37(21-31)49-38-22-32(47(4,5)6)15-17-41(38)52-43-24-33(23-42(51-40)44(43)49)50-39-13-8-7-10-34(39)35-11-9-12-36(45(35)50)48-25-28-18-29(26-48)20-30(19-28)27-48/h7-17,21-24,28-30H,18-20,25-27H2,1-6H3. The highest BCUT2D eigenvalue weighted by molar-refractivity contribution is 6.98. The number of ether oxygens (including phenoxy) is 2. The SMILES string of the molecule is CC(C)(C)c1ccc2c(c1)B1c3cc(C(C)(C)C)ccc3Oc3cc(-n4c5ccccc5c5cccc(C67CC8CC(CC(C8)C6)C7)c54)cc(c31)O2. The van der Waals surface area contributed by atoms with Crippen molar-refractivity contribution in [3.8, 4) is 28.7 Å². The van der Waals surface area contributed by atoms with Gasteiger partial charge in [-0.25, -0.2) is 0 Å². The summed E-state index contributed by atoms with van der Waals surface area (Å²) in [7, 11) is 0. The summed E-state index contributed by atoms with van der Waals surface area (Å²) < 4.78 is 16.6. The zero-order chi connectivity index (χ0) is 35.3. The summed E-state index contributed by atoms with van der Waals surface area (Å²) >= 11 is 0. The van der Waals surface area contributed by atoms with E-state index in [4.69, 9.17) is 9.47 Å². The molecule has 0 amide bonds. The zero-order valence-electron chi connectivity index (χ0n) is 31.5. The van der Waals surface area contributed by atoms with Crippen LogP contribution in [0, 0.1) is 17.8 Å². The van der Waals surface area contributed by atoms with Crippen LogP contribution in [0.5, 0.6) is 23.0 Å². The zero-order valence-corrected chi connectivity index (χ0v) is 31.5. The first-order valence-corrected chi connectivity index (χ1v) is 19.8. The maximum Gasteiger partial charge on any atom is 0.260 e. The van der Waals surface area contributed by atoms with Gasteiger partial charge in [0.05, 0.1) is 16.7 Å². The first-order chi connectivity index (χ1) is 24.9. The van der Waals surface area contributed by atoms with Gasteiger partial charge in [0.25, 0.3) is 6.71 Å². The van der Waals surface area contributed by atoms with Crippen LogP contribution in [0.4, 0.5) is 0 Å². The molecule has 0 spiro atoms. The van der Waals surface area contributed by atoms with Crippen molar-refractivity contribution in [2.24, 2.45) is 17.8 Å². The molecule has 4 bridgehead atoms. The third-order valence-electron chi connectivity index (χ3n) is 13.8. The van der Waals surface area contributed by atoms with Gasteiger partial charge in [-0.1, -0.05) is 102 Å². The van der Waals surface area contributed by atoms with Gasteiger partial charge in [0.15, 0.2) is 0 Å². The third kappa shape index (κ3) is 4.39. The van der Waals surface area contributed by atoms with Crippen LogP contribution >= 0.6 is 0 Å². The van der Waals surface area contributed by atoms with Gasteiger partial charge in [-0.05, 0) is 118 Å². The summed E-state index contributed by atoms with van der Waals surface area (Å²) in [6, 6.07) is 34.5. The van der Waals surface area contributed by atoms with E-state index in [1.54, 1.807) is 5.56 Å². The maximum absolute atomic E-state index is 7.00. The highest BCUT2D eigenvalue weighted by Crippen LogP contribution is 2.62. The molecule has 0 atom stereocenters. The number of aromatic nitrogens is 1. The quantitative estimate of drug-likeness (QED) is 0.170. The van der Waals surface area contributed by atoms with Crippen molar-refractivity contribution < 1.29 is 9.47 Å². The Kier molecular flexibility index (Phi) is 6.21. The minimum absolute atomic E-state index is 0.0220. The largest absolute Gasteiger partial charge is 0.458 e. The lowest BCUT2D eigenvalue weighted by molar-refractivity contribution is -0.00460. The Labute approximate surface area is 308 Å². The monoisotopic (exact) mass is 681 g/mol. The average Bonchev–Trinajstić information content (AvgIpc) is 3.44. The molecule has 5 aromatic carbocycles. The highest BCUT2D eigenvalue weighted by Gasteiger charge is 2.52. The van der Waals surface area contributed by atoms with E-state index in [2.05, 4.69) is 137 Å². The fourth-order valence-corrected chi connectivity index (χ4v) is 11.7. The number of para-hydroxylation sites is 2. The number of hydrogen-bond donors (Lipinski definition) is 0. The van der Waals surface area contributed by atoms with Crippen LogP contribution in [0.25, 0.3) is 27.5 Å². The van der Waals surface area contributed by atoms with Crippen LogP contribution in [-0.4, -0.2) is 11.3 Å². The lowest BCUT2D eigenvalue weighted by atomic mass is 9.34. The van der Waals surface area contributed by atoms with Crippen molar-refractivity contribution >= 4 is 44.9 Å². The minimum Gasteiger partial charge on any atom is -0.458 e. The fourth-order valence-electron chi connectivity index (χ4n) is 11.7. The van der Waals surface area contributed by atoms with Gasteiger partial charge in [0, 0.05) is 28.4 Å². The van der Waals surface area contributed by atoms with Crippen molar-refractivity contribution in [2.75, 3.05) is 0 Å². The highest BCUT2D eigenvalue weighted by atomic mass is 16.5.